The number of ketones is 1. The fraction of sp³-hybridized carbons (Fsp3) is 0.862. The van der Waals surface area contributed by atoms with Gasteiger partial charge in [-0.3, -0.25) is 9.59 Å². The first-order valence-corrected chi connectivity index (χ1v) is 14.0. The van der Waals surface area contributed by atoms with E-state index in [0.29, 0.717) is 19.3 Å². The molecule has 0 bridgehead atoms. The van der Waals surface area contributed by atoms with E-state index in [4.69, 9.17) is 18.9 Å². The third-order valence-electron chi connectivity index (χ3n) is 7.92. The van der Waals surface area contributed by atoms with E-state index < -0.39 is 54.3 Å². The number of aliphatic hydroxyl groups is 3. The Morgan fingerprint density at radius 1 is 1.16 bits per heavy atom. The van der Waals surface area contributed by atoms with E-state index in [0.717, 1.165) is 5.57 Å². The van der Waals surface area contributed by atoms with Gasteiger partial charge in [-0.15, -0.1) is 0 Å². The lowest BCUT2D eigenvalue weighted by Crippen LogP contribution is -2.57. The minimum atomic E-state index is -1.19. The van der Waals surface area contributed by atoms with Crippen LogP contribution in [0.4, 0.5) is 0 Å². The normalized spacial score (nSPS) is 29.4. The predicted molar refractivity (Wildman–Crippen MR) is 144 cm³/mol. The van der Waals surface area contributed by atoms with E-state index >= 15 is 0 Å². The molecule has 222 valence electrons. The highest BCUT2D eigenvalue weighted by atomic mass is 16.7. The molecule has 1 rings (SSSR count). The fourth-order valence-electron chi connectivity index (χ4n) is 5.28. The van der Waals surface area contributed by atoms with E-state index in [9.17, 15) is 24.9 Å². The number of esters is 1. The van der Waals surface area contributed by atoms with Crippen molar-refractivity contribution in [1.29, 1.82) is 0 Å². The van der Waals surface area contributed by atoms with Crippen LogP contribution in [0.3, 0.4) is 0 Å². The first-order chi connectivity index (χ1) is 17.6. The molecule has 9 heteroatoms. The molecule has 1 aliphatic heterocycles. The minimum Gasteiger partial charge on any atom is -0.512 e. The van der Waals surface area contributed by atoms with E-state index in [-0.39, 0.29) is 36.2 Å². The number of ether oxygens (including phenoxy) is 4. The van der Waals surface area contributed by atoms with Crippen molar-refractivity contribution in [2.24, 2.45) is 23.7 Å². The Labute approximate surface area is 228 Å². The van der Waals surface area contributed by atoms with Crippen LogP contribution in [0.1, 0.15) is 94.4 Å². The van der Waals surface area contributed by atoms with Crippen LogP contribution < -0.4 is 0 Å². The van der Waals surface area contributed by atoms with Gasteiger partial charge in [0.05, 0.1) is 29.6 Å². The maximum absolute atomic E-state index is 12.9. The van der Waals surface area contributed by atoms with Gasteiger partial charge in [-0.2, -0.15) is 0 Å². The van der Waals surface area contributed by atoms with Crippen LogP contribution in [0.5, 0.6) is 0 Å². The summed E-state index contributed by atoms with van der Waals surface area (Å²) in [5.41, 5.74) is -0.110. The highest BCUT2D eigenvalue weighted by molar-refractivity contribution is 5.82. The maximum atomic E-state index is 12.9. The number of aliphatic hydroxyl groups excluding tert-OH is 3. The summed E-state index contributed by atoms with van der Waals surface area (Å²) in [5, 5.41) is 31.0. The number of carbonyl (C=O) groups excluding carboxylic acids is 2. The second kappa shape index (κ2) is 15.3. The molecule has 0 radical (unpaired) electrons. The number of rotatable bonds is 15. The second-order valence-electron chi connectivity index (χ2n) is 11.4. The van der Waals surface area contributed by atoms with Crippen molar-refractivity contribution in [3.05, 3.63) is 11.3 Å². The Hall–Kier alpha value is -1.52. The number of methoxy groups -OCH3 is 1. The summed E-state index contributed by atoms with van der Waals surface area (Å²) in [6, 6.07) is 0. The van der Waals surface area contributed by atoms with Gasteiger partial charge in [0.1, 0.15) is 17.6 Å². The van der Waals surface area contributed by atoms with Crippen molar-refractivity contribution >= 4 is 11.8 Å². The predicted octanol–water partition coefficient (Wildman–Crippen LogP) is 4.68. The molecule has 0 spiro atoms. The summed E-state index contributed by atoms with van der Waals surface area (Å²) < 4.78 is 23.1. The molecule has 1 fully saturated rings. The number of hydrogen-bond acceptors (Lipinski definition) is 9. The zero-order valence-corrected chi connectivity index (χ0v) is 25.0. The van der Waals surface area contributed by atoms with Gasteiger partial charge in [-0.25, -0.2) is 0 Å². The van der Waals surface area contributed by atoms with Gasteiger partial charge < -0.3 is 34.3 Å². The maximum Gasteiger partial charge on any atom is 0.313 e. The molecule has 0 aliphatic carbocycles. The van der Waals surface area contributed by atoms with Crippen LogP contribution in [0.25, 0.3) is 0 Å². The van der Waals surface area contributed by atoms with Gasteiger partial charge in [0.15, 0.2) is 12.6 Å². The molecular formula is C29H52O9. The van der Waals surface area contributed by atoms with Gasteiger partial charge in [0.25, 0.3) is 0 Å². The topological polar surface area (TPSA) is 132 Å². The minimum absolute atomic E-state index is 0.00664. The molecule has 1 aliphatic rings. The van der Waals surface area contributed by atoms with Crippen LogP contribution in [0.15, 0.2) is 11.3 Å². The summed E-state index contributed by atoms with van der Waals surface area (Å²) in [6.45, 7) is 16.4. The third kappa shape index (κ3) is 9.30. The molecule has 10 atom stereocenters. The molecule has 1 heterocycles. The zero-order chi connectivity index (χ0) is 29.4. The lowest BCUT2D eigenvalue weighted by Gasteiger charge is -2.45. The quantitative estimate of drug-likeness (QED) is 0.153. The summed E-state index contributed by atoms with van der Waals surface area (Å²) in [6.07, 6.45) is -1.75. The molecule has 0 aromatic rings. The van der Waals surface area contributed by atoms with Crippen molar-refractivity contribution in [2.45, 2.75) is 131 Å². The van der Waals surface area contributed by atoms with Crippen molar-refractivity contribution in [1.82, 2.24) is 0 Å². The smallest absolute Gasteiger partial charge is 0.313 e. The fourth-order valence-corrected chi connectivity index (χ4v) is 5.28. The molecule has 0 aromatic carbocycles. The van der Waals surface area contributed by atoms with Gasteiger partial charge in [0, 0.05) is 26.4 Å². The van der Waals surface area contributed by atoms with Crippen molar-refractivity contribution in [3.8, 4) is 0 Å². The average Bonchev–Trinajstić information content (AvgIpc) is 2.87. The van der Waals surface area contributed by atoms with Crippen molar-refractivity contribution < 1.29 is 43.9 Å². The molecule has 1 saturated heterocycles. The zero-order valence-electron chi connectivity index (χ0n) is 25.0. The third-order valence-corrected chi connectivity index (χ3v) is 7.92. The van der Waals surface area contributed by atoms with E-state index in [2.05, 4.69) is 6.92 Å². The summed E-state index contributed by atoms with van der Waals surface area (Å²) in [4.78, 5) is 24.9. The summed E-state index contributed by atoms with van der Waals surface area (Å²) in [5.74, 6) is -1.70. The Morgan fingerprint density at radius 2 is 1.76 bits per heavy atom. The largest absolute Gasteiger partial charge is 0.512 e. The van der Waals surface area contributed by atoms with Gasteiger partial charge >= 0.3 is 5.97 Å². The first kappa shape index (κ1) is 34.5. The molecule has 9 nitrogen and oxygen atoms in total. The molecule has 38 heavy (non-hydrogen) atoms. The Bertz CT molecular complexity index is 797. The average molecular weight is 545 g/mol. The SMILES string of the molecule is CCC(=O)[C@@H](C)/C(O)=C(\C)CC(C)CC(C)C(O[C@H]1C[C@@](C)(OC)[C@@H](O)C(C)O1)C(C)C(=O)OC(O)CC. The number of hydrogen-bond donors (Lipinski definition) is 3. The molecular weight excluding hydrogens is 492 g/mol. The summed E-state index contributed by atoms with van der Waals surface area (Å²) >= 11 is 0. The van der Waals surface area contributed by atoms with E-state index in [1.54, 1.807) is 41.5 Å². The van der Waals surface area contributed by atoms with Gasteiger partial charge in [0.2, 0.25) is 0 Å². The second-order valence-corrected chi connectivity index (χ2v) is 11.4. The number of Topliss-reactive ketones (excluding diaryl/α,β-unsaturated/α-hetero) is 1. The number of allylic oxidation sites excluding steroid dienone is 2. The van der Waals surface area contributed by atoms with Crippen LogP contribution in [-0.2, 0) is 28.5 Å². The molecule has 3 N–H and O–H groups in total. The van der Waals surface area contributed by atoms with Crippen LogP contribution in [0, 0.1) is 23.7 Å². The molecule has 0 aromatic heterocycles. The molecule has 0 amide bonds. The monoisotopic (exact) mass is 544 g/mol. The van der Waals surface area contributed by atoms with Crippen LogP contribution in [-0.4, -0.2) is 70.7 Å². The first-order valence-electron chi connectivity index (χ1n) is 14.0. The van der Waals surface area contributed by atoms with Gasteiger partial charge in [-0.1, -0.05) is 27.7 Å². The Balaban J connectivity index is 3.11. The van der Waals surface area contributed by atoms with Crippen molar-refractivity contribution in [2.75, 3.05) is 7.11 Å². The highest BCUT2D eigenvalue weighted by Crippen LogP contribution is 2.36. The van der Waals surface area contributed by atoms with Gasteiger partial charge in [-0.05, 0) is 64.9 Å². The molecule has 6 unspecified atom stereocenters. The Kier molecular flexibility index (Phi) is 13.9. The lowest BCUT2D eigenvalue weighted by molar-refractivity contribution is -0.295. The Morgan fingerprint density at radius 3 is 2.29 bits per heavy atom. The highest BCUT2D eigenvalue weighted by Gasteiger charge is 2.47. The summed E-state index contributed by atoms with van der Waals surface area (Å²) in [7, 11) is 1.53. The van der Waals surface area contributed by atoms with E-state index in [1.165, 1.54) is 7.11 Å². The van der Waals surface area contributed by atoms with Crippen LogP contribution in [0.2, 0.25) is 0 Å². The molecule has 0 saturated carbocycles. The van der Waals surface area contributed by atoms with Crippen LogP contribution >= 0.6 is 0 Å². The van der Waals surface area contributed by atoms with E-state index in [1.807, 2.05) is 13.8 Å². The van der Waals surface area contributed by atoms with Crippen molar-refractivity contribution in [3.63, 3.8) is 0 Å². The lowest BCUT2D eigenvalue weighted by atomic mass is 9.83. The standard InChI is InChI=1S/C29H52O9/c1-11-22(30)19(6)25(32)17(4)13-16(3)14-18(5)26(20(7)28(34)37-23(31)12-2)38-24-15-29(9,35-10)27(33)21(8)36-24/h16,18-21,23-24,26-27,31-33H,11-15H2,1-10H3/b25-17-/t16?,18?,19-,20?,21?,23?,24+,26?,27+,29-/m1/s1. The number of carbonyl (C=O) groups is 2.